The number of methoxy groups -OCH3 is 2. The van der Waals surface area contributed by atoms with E-state index in [0.717, 1.165) is 0 Å². The SMILES string of the molecule is COC1(C)OC(=O)CO[C@@]1(C)OC. The minimum absolute atomic E-state index is 0.122. The third-order valence-electron chi connectivity index (χ3n) is 2.38. The second-order valence-electron chi connectivity index (χ2n) is 3.06. The fourth-order valence-corrected chi connectivity index (χ4v) is 1.14. The van der Waals surface area contributed by atoms with Crippen molar-refractivity contribution in [2.24, 2.45) is 0 Å². The minimum atomic E-state index is -1.20. The van der Waals surface area contributed by atoms with Gasteiger partial charge in [0.2, 0.25) is 5.79 Å². The molecular formula is C8H14O5. The Morgan fingerprint density at radius 2 is 1.77 bits per heavy atom. The van der Waals surface area contributed by atoms with E-state index in [9.17, 15) is 4.79 Å². The smallest absolute Gasteiger partial charge is 0.334 e. The van der Waals surface area contributed by atoms with Gasteiger partial charge in [0, 0.05) is 21.1 Å². The first kappa shape index (κ1) is 10.4. The first-order chi connectivity index (χ1) is 5.97. The lowest BCUT2D eigenvalue weighted by Crippen LogP contribution is -2.61. The van der Waals surface area contributed by atoms with Crippen LogP contribution in [0.15, 0.2) is 0 Å². The van der Waals surface area contributed by atoms with E-state index in [0.29, 0.717) is 0 Å². The fourth-order valence-electron chi connectivity index (χ4n) is 1.14. The van der Waals surface area contributed by atoms with Gasteiger partial charge in [0.05, 0.1) is 0 Å². The lowest BCUT2D eigenvalue weighted by molar-refractivity contribution is -0.392. The van der Waals surface area contributed by atoms with Crippen LogP contribution >= 0.6 is 0 Å². The average molecular weight is 190 g/mol. The molecule has 1 fully saturated rings. The normalized spacial score (nSPS) is 40.2. The number of hydrogen-bond donors (Lipinski definition) is 0. The Bertz CT molecular complexity index is 217. The number of hydrogen-bond acceptors (Lipinski definition) is 5. The first-order valence-corrected chi connectivity index (χ1v) is 3.93. The number of esters is 1. The molecule has 0 aliphatic carbocycles. The van der Waals surface area contributed by atoms with Crippen LogP contribution in [0.5, 0.6) is 0 Å². The highest BCUT2D eigenvalue weighted by Crippen LogP contribution is 2.34. The van der Waals surface area contributed by atoms with E-state index in [1.807, 2.05) is 0 Å². The van der Waals surface area contributed by atoms with Gasteiger partial charge >= 0.3 is 5.97 Å². The Balaban J connectivity index is 2.90. The lowest BCUT2D eigenvalue weighted by Gasteiger charge is -2.45. The van der Waals surface area contributed by atoms with Crippen LogP contribution in [-0.4, -0.2) is 38.4 Å². The number of carbonyl (C=O) groups is 1. The van der Waals surface area contributed by atoms with Crippen LogP contribution in [0.4, 0.5) is 0 Å². The Hall–Kier alpha value is -0.650. The highest BCUT2D eigenvalue weighted by atomic mass is 16.8. The summed E-state index contributed by atoms with van der Waals surface area (Å²) in [5, 5.41) is 0. The molecule has 0 amide bonds. The number of carbonyl (C=O) groups excluding carboxylic acids is 1. The predicted octanol–water partition coefficient (Wildman–Crippen LogP) is 0.285. The molecule has 0 aromatic heterocycles. The van der Waals surface area contributed by atoms with E-state index in [2.05, 4.69) is 0 Å². The molecule has 5 nitrogen and oxygen atoms in total. The summed E-state index contributed by atoms with van der Waals surface area (Å²) in [5.74, 6) is -2.72. The van der Waals surface area contributed by atoms with E-state index in [1.54, 1.807) is 13.8 Å². The zero-order chi connectivity index (χ0) is 10.1. The maximum Gasteiger partial charge on any atom is 0.334 e. The number of rotatable bonds is 2. The molecule has 1 rings (SSSR count). The van der Waals surface area contributed by atoms with Crippen LogP contribution < -0.4 is 0 Å². The van der Waals surface area contributed by atoms with Crippen molar-refractivity contribution in [2.45, 2.75) is 25.4 Å². The third kappa shape index (κ3) is 1.54. The van der Waals surface area contributed by atoms with Gasteiger partial charge in [-0.05, 0) is 6.92 Å². The lowest BCUT2D eigenvalue weighted by atomic mass is 10.1. The number of cyclic esters (lactones) is 1. The molecule has 1 unspecified atom stereocenters. The van der Waals surface area contributed by atoms with Gasteiger partial charge in [-0.2, -0.15) is 0 Å². The molecule has 1 heterocycles. The molecule has 0 spiro atoms. The molecule has 13 heavy (non-hydrogen) atoms. The zero-order valence-electron chi connectivity index (χ0n) is 8.25. The molecule has 0 aromatic carbocycles. The predicted molar refractivity (Wildman–Crippen MR) is 42.9 cm³/mol. The Kier molecular flexibility index (Phi) is 2.61. The third-order valence-corrected chi connectivity index (χ3v) is 2.38. The van der Waals surface area contributed by atoms with Crippen LogP contribution in [0.2, 0.25) is 0 Å². The summed E-state index contributed by atoms with van der Waals surface area (Å²) >= 11 is 0. The monoisotopic (exact) mass is 190 g/mol. The maximum absolute atomic E-state index is 11.0. The molecule has 0 radical (unpaired) electrons. The highest BCUT2D eigenvalue weighted by molar-refractivity contribution is 5.72. The number of ether oxygens (including phenoxy) is 4. The molecule has 0 aromatic rings. The molecule has 0 bridgehead atoms. The second kappa shape index (κ2) is 3.25. The summed E-state index contributed by atoms with van der Waals surface area (Å²) in [5.41, 5.74) is 0. The summed E-state index contributed by atoms with van der Waals surface area (Å²) in [6, 6.07) is 0. The summed E-state index contributed by atoms with van der Waals surface area (Å²) in [7, 11) is 2.90. The van der Waals surface area contributed by atoms with Crippen LogP contribution in [-0.2, 0) is 23.7 Å². The molecule has 1 saturated heterocycles. The van der Waals surface area contributed by atoms with Gasteiger partial charge in [-0.3, -0.25) is 0 Å². The average Bonchev–Trinajstić information content (AvgIpc) is 2.12. The van der Waals surface area contributed by atoms with Gasteiger partial charge in [-0.25, -0.2) is 4.79 Å². The Morgan fingerprint density at radius 1 is 1.23 bits per heavy atom. The molecule has 0 saturated carbocycles. The van der Waals surface area contributed by atoms with E-state index in [4.69, 9.17) is 18.9 Å². The van der Waals surface area contributed by atoms with Crippen molar-refractivity contribution in [3.8, 4) is 0 Å². The molecule has 1 aliphatic heterocycles. The quantitative estimate of drug-likeness (QED) is 0.585. The summed E-state index contributed by atoms with van der Waals surface area (Å²) in [6.07, 6.45) is 0. The van der Waals surface area contributed by atoms with Crippen molar-refractivity contribution in [3.63, 3.8) is 0 Å². The van der Waals surface area contributed by atoms with E-state index in [1.165, 1.54) is 14.2 Å². The molecule has 5 heteroatoms. The van der Waals surface area contributed by atoms with Crippen molar-refractivity contribution >= 4 is 5.97 Å². The summed E-state index contributed by atoms with van der Waals surface area (Å²) in [6.45, 7) is 3.12. The van der Waals surface area contributed by atoms with Gasteiger partial charge < -0.3 is 18.9 Å². The summed E-state index contributed by atoms with van der Waals surface area (Å²) in [4.78, 5) is 11.0. The van der Waals surface area contributed by atoms with Crippen molar-refractivity contribution in [2.75, 3.05) is 20.8 Å². The van der Waals surface area contributed by atoms with Gasteiger partial charge in [0.25, 0.3) is 5.79 Å². The van der Waals surface area contributed by atoms with Crippen LogP contribution in [0, 0.1) is 0 Å². The Morgan fingerprint density at radius 3 is 2.23 bits per heavy atom. The molecule has 2 atom stereocenters. The van der Waals surface area contributed by atoms with Gasteiger partial charge in [-0.1, -0.05) is 0 Å². The van der Waals surface area contributed by atoms with Crippen LogP contribution in [0.25, 0.3) is 0 Å². The van der Waals surface area contributed by atoms with Crippen molar-refractivity contribution in [1.82, 2.24) is 0 Å². The van der Waals surface area contributed by atoms with Crippen molar-refractivity contribution < 1.29 is 23.7 Å². The highest BCUT2D eigenvalue weighted by Gasteiger charge is 2.54. The van der Waals surface area contributed by atoms with Crippen molar-refractivity contribution in [1.29, 1.82) is 0 Å². The second-order valence-corrected chi connectivity index (χ2v) is 3.06. The van der Waals surface area contributed by atoms with Crippen molar-refractivity contribution in [3.05, 3.63) is 0 Å². The molecule has 1 aliphatic rings. The zero-order valence-corrected chi connectivity index (χ0v) is 8.25. The minimum Gasteiger partial charge on any atom is -0.426 e. The topological polar surface area (TPSA) is 54.0 Å². The van der Waals surface area contributed by atoms with Crippen LogP contribution in [0.3, 0.4) is 0 Å². The molecular weight excluding hydrogens is 176 g/mol. The first-order valence-electron chi connectivity index (χ1n) is 3.93. The van der Waals surface area contributed by atoms with Gasteiger partial charge in [0.15, 0.2) is 0 Å². The fraction of sp³-hybridized carbons (Fsp3) is 0.875. The maximum atomic E-state index is 11.0. The standard InChI is InChI=1S/C8H14O5/c1-7(10-3)8(2,11-4)13-6(9)5-12-7/h5H2,1-4H3/t7-,8?/m1/s1. The Labute approximate surface area is 76.9 Å². The molecule has 0 N–H and O–H groups in total. The van der Waals surface area contributed by atoms with E-state index in [-0.39, 0.29) is 6.61 Å². The van der Waals surface area contributed by atoms with E-state index >= 15 is 0 Å². The van der Waals surface area contributed by atoms with Gasteiger partial charge in [-0.15, -0.1) is 0 Å². The van der Waals surface area contributed by atoms with E-state index < -0.39 is 17.5 Å². The summed E-state index contributed by atoms with van der Waals surface area (Å²) < 4.78 is 20.4. The largest absolute Gasteiger partial charge is 0.426 e. The molecule has 76 valence electrons. The van der Waals surface area contributed by atoms with Crippen LogP contribution in [0.1, 0.15) is 13.8 Å². The van der Waals surface area contributed by atoms with Gasteiger partial charge in [0.1, 0.15) is 6.61 Å².